The van der Waals surface area contributed by atoms with Gasteiger partial charge in [0.25, 0.3) is 11.5 Å². The fraction of sp³-hybridized carbons (Fsp3) is 0.0870. The fourth-order valence-electron chi connectivity index (χ4n) is 3.14. The van der Waals surface area contributed by atoms with Crippen LogP contribution in [0.15, 0.2) is 77.1 Å². The van der Waals surface area contributed by atoms with Crippen LogP contribution in [0.4, 0.5) is 11.4 Å². The molecule has 1 unspecified atom stereocenters. The molecule has 2 aromatic carbocycles. The van der Waals surface area contributed by atoms with Gasteiger partial charge in [0, 0.05) is 18.7 Å². The molecular formula is C23H21N5O4. The number of carbonyl (C=O) groups is 1. The number of carbonyl (C=O) groups excluding carboxylic acids is 1. The number of aromatic nitrogens is 2. The second-order valence-electron chi connectivity index (χ2n) is 6.83. The summed E-state index contributed by atoms with van der Waals surface area (Å²) in [5, 5.41) is 31.4. The molecule has 32 heavy (non-hydrogen) atoms. The number of nitrogens with one attached hydrogen (secondary N) is 2. The SMILES string of the molecule is Cc1c(NC(=O)/C(C#N)=C/C=C/c2ccccc2[NH+]([O-])O)c(=O)n(-c2ccccc2)n1C. The van der Waals surface area contributed by atoms with Gasteiger partial charge in [-0.05, 0) is 37.3 Å². The number of anilines is 1. The zero-order valence-electron chi connectivity index (χ0n) is 17.4. The number of nitrogens with zero attached hydrogens (tertiary/aromatic N) is 3. The molecule has 0 aliphatic carbocycles. The van der Waals surface area contributed by atoms with E-state index in [1.807, 2.05) is 6.07 Å². The van der Waals surface area contributed by atoms with Crippen LogP contribution in [0, 0.1) is 23.5 Å². The van der Waals surface area contributed by atoms with Gasteiger partial charge in [-0.2, -0.15) is 10.5 Å². The summed E-state index contributed by atoms with van der Waals surface area (Å²) in [7, 11) is 1.70. The van der Waals surface area contributed by atoms with Gasteiger partial charge in [-0.3, -0.25) is 14.3 Å². The fourth-order valence-corrected chi connectivity index (χ4v) is 3.14. The normalized spacial score (nSPS) is 12.5. The van der Waals surface area contributed by atoms with Crippen molar-refractivity contribution in [1.82, 2.24) is 9.36 Å². The van der Waals surface area contributed by atoms with Crippen LogP contribution in [-0.4, -0.2) is 20.5 Å². The Labute approximate surface area is 183 Å². The number of amides is 1. The molecule has 0 spiro atoms. The molecule has 162 valence electrons. The lowest BCUT2D eigenvalue weighted by Gasteiger charge is -2.13. The average Bonchev–Trinajstić information content (AvgIpc) is 3.00. The van der Waals surface area contributed by atoms with Crippen molar-refractivity contribution >= 4 is 23.4 Å². The third-order valence-corrected chi connectivity index (χ3v) is 4.89. The zero-order chi connectivity index (χ0) is 23.3. The Morgan fingerprint density at radius 2 is 1.84 bits per heavy atom. The van der Waals surface area contributed by atoms with E-state index in [0.29, 0.717) is 16.9 Å². The van der Waals surface area contributed by atoms with E-state index in [2.05, 4.69) is 5.32 Å². The predicted octanol–water partition coefficient (Wildman–Crippen LogP) is 1.99. The molecule has 0 aliphatic rings. The molecule has 0 saturated heterocycles. The summed E-state index contributed by atoms with van der Waals surface area (Å²) >= 11 is 0. The third-order valence-electron chi connectivity index (χ3n) is 4.89. The summed E-state index contributed by atoms with van der Waals surface area (Å²) in [5.74, 6) is -0.741. The molecule has 0 saturated carbocycles. The minimum atomic E-state index is -1.08. The monoisotopic (exact) mass is 431 g/mol. The predicted molar refractivity (Wildman–Crippen MR) is 119 cm³/mol. The van der Waals surface area contributed by atoms with E-state index in [0.717, 1.165) is 0 Å². The molecule has 0 aliphatic heterocycles. The number of nitriles is 1. The first-order chi connectivity index (χ1) is 15.3. The Morgan fingerprint density at radius 1 is 1.19 bits per heavy atom. The summed E-state index contributed by atoms with van der Waals surface area (Å²) in [6, 6.07) is 17.1. The highest BCUT2D eigenvalue weighted by Crippen LogP contribution is 2.15. The summed E-state index contributed by atoms with van der Waals surface area (Å²) in [6.07, 6.45) is 4.17. The third kappa shape index (κ3) is 4.58. The van der Waals surface area contributed by atoms with Gasteiger partial charge in [-0.1, -0.05) is 36.4 Å². The van der Waals surface area contributed by atoms with Crippen molar-refractivity contribution in [3.05, 3.63) is 99.1 Å². The highest BCUT2D eigenvalue weighted by molar-refractivity contribution is 6.07. The number of quaternary nitrogens is 1. The Morgan fingerprint density at radius 3 is 2.50 bits per heavy atom. The summed E-state index contributed by atoms with van der Waals surface area (Å²) in [5.41, 5.74) is 1.11. The molecule has 0 bridgehead atoms. The van der Waals surface area contributed by atoms with Gasteiger partial charge in [0.2, 0.25) is 0 Å². The number of rotatable bonds is 6. The summed E-state index contributed by atoms with van der Waals surface area (Å²) in [4.78, 5) is 25.5. The first-order valence-corrected chi connectivity index (χ1v) is 9.61. The lowest BCUT2D eigenvalue weighted by Crippen LogP contribution is -2.99. The van der Waals surface area contributed by atoms with E-state index in [1.165, 1.54) is 29.0 Å². The number of para-hydroxylation sites is 2. The Balaban J connectivity index is 1.87. The van der Waals surface area contributed by atoms with Crippen LogP contribution in [0.3, 0.4) is 0 Å². The van der Waals surface area contributed by atoms with Crippen LogP contribution in [0.1, 0.15) is 11.3 Å². The van der Waals surface area contributed by atoms with Gasteiger partial charge in [-0.15, -0.1) is 0 Å². The van der Waals surface area contributed by atoms with Gasteiger partial charge >= 0.3 is 0 Å². The van der Waals surface area contributed by atoms with Gasteiger partial charge in [0.15, 0.2) is 5.69 Å². The van der Waals surface area contributed by atoms with E-state index in [4.69, 9.17) is 0 Å². The lowest BCUT2D eigenvalue weighted by atomic mass is 10.1. The van der Waals surface area contributed by atoms with E-state index in [-0.39, 0.29) is 16.9 Å². The Kier molecular flexibility index (Phi) is 6.82. The first kappa shape index (κ1) is 22.5. The molecule has 3 N–H and O–H groups in total. The number of benzene rings is 2. The minimum Gasteiger partial charge on any atom is -0.595 e. The average molecular weight is 431 g/mol. The highest BCUT2D eigenvalue weighted by Gasteiger charge is 2.19. The first-order valence-electron chi connectivity index (χ1n) is 9.61. The van der Waals surface area contributed by atoms with Crippen LogP contribution in [-0.2, 0) is 11.8 Å². The quantitative estimate of drug-likeness (QED) is 0.238. The highest BCUT2D eigenvalue weighted by atomic mass is 16.8. The molecule has 1 heterocycles. The molecule has 3 rings (SSSR count). The topological polar surface area (TPSA) is 128 Å². The van der Waals surface area contributed by atoms with Crippen molar-refractivity contribution in [3.8, 4) is 11.8 Å². The van der Waals surface area contributed by atoms with Crippen LogP contribution >= 0.6 is 0 Å². The van der Waals surface area contributed by atoms with E-state index in [9.17, 15) is 25.3 Å². The van der Waals surface area contributed by atoms with Gasteiger partial charge in [-0.25, -0.2) is 9.89 Å². The molecule has 3 aromatic rings. The Bertz CT molecular complexity index is 1290. The minimum absolute atomic E-state index is 0.0719. The van der Waals surface area contributed by atoms with Crippen molar-refractivity contribution in [2.75, 3.05) is 5.32 Å². The lowest BCUT2D eigenvalue weighted by molar-refractivity contribution is -0.991. The standard InChI is InChI=1S/C23H21N5O4/c1-16-21(23(30)27(26(16)2)19-12-4-3-5-13-19)25-22(29)18(15-24)11-8-10-17-9-6-7-14-20(17)28(31)32/h3-14,28,31H,1-2H3,(H,25,29)/b10-8+,18-11+. The van der Waals surface area contributed by atoms with Crippen molar-refractivity contribution in [3.63, 3.8) is 0 Å². The summed E-state index contributed by atoms with van der Waals surface area (Å²) < 4.78 is 3.04. The van der Waals surface area contributed by atoms with Gasteiger partial charge in [0.05, 0.1) is 11.4 Å². The maximum absolute atomic E-state index is 12.9. The molecular weight excluding hydrogens is 410 g/mol. The molecule has 1 atom stereocenters. The number of hydrogen-bond acceptors (Lipinski definition) is 5. The second kappa shape index (κ2) is 9.72. The molecule has 1 aromatic heterocycles. The smallest absolute Gasteiger partial charge is 0.295 e. The molecule has 1 amide bonds. The van der Waals surface area contributed by atoms with E-state index in [1.54, 1.807) is 67.2 Å². The maximum atomic E-state index is 12.9. The van der Waals surface area contributed by atoms with Crippen molar-refractivity contribution < 1.29 is 15.2 Å². The largest absolute Gasteiger partial charge is 0.595 e. The van der Waals surface area contributed by atoms with Gasteiger partial charge in [0.1, 0.15) is 17.3 Å². The second-order valence-corrected chi connectivity index (χ2v) is 6.83. The maximum Gasteiger partial charge on any atom is 0.295 e. The van der Waals surface area contributed by atoms with Crippen LogP contribution in [0.25, 0.3) is 11.8 Å². The Hall–Kier alpha value is -4.23. The van der Waals surface area contributed by atoms with Gasteiger partial charge < -0.3 is 10.5 Å². The molecule has 9 heteroatoms. The zero-order valence-corrected chi connectivity index (χ0v) is 17.4. The molecule has 0 fully saturated rings. The molecule has 0 radical (unpaired) electrons. The van der Waals surface area contributed by atoms with E-state index >= 15 is 0 Å². The number of allylic oxidation sites excluding steroid dienone is 2. The van der Waals surface area contributed by atoms with Crippen LogP contribution in [0.5, 0.6) is 0 Å². The molecule has 9 nitrogen and oxygen atoms in total. The summed E-state index contributed by atoms with van der Waals surface area (Å²) in [6.45, 7) is 1.69. The number of hydrogen-bond donors (Lipinski definition) is 3. The van der Waals surface area contributed by atoms with Crippen molar-refractivity contribution in [2.45, 2.75) is 6.92 Å². The van der Waals surface area contributed by atoms with Crippen molar-refractivity contribution in [1.29, 1.82) is 5.26 Å². The van der Waals surface area contributed by atoms with Crippen molar-refractivity contribution in [2.24, 2.45) is 7.05 Å². The van der Waals surface area contributed by atoms with E-state index < -0.39 is 16.7 Å². The van der Waals surface area contributed by atoms with Crippen LogP contribution in [0.2, 0.25) is 0 Å². The van der Waals surface area contributed by atoms with Crippen LogP contribution < -0.4 is 16.1 Å².